The van der Waals surface area contributed by atoms with Crippen LogP contribution >= 0.6 is 0 Å². The number of benzene rings is 1. The third kappa shape index (κ3) is 4.89. The summed E-state index contributed by atoms with van der Waals surface area (Å²) in [6.07, 6.45) is 0. The number of carboxylic acid groups (broad SMARTS) is 1. The molecule has 1 atom stereocenters. The smallest absolute Gasteiger partial charge is 0.317 e. The van der Waals surface area contributed by atoms with Gasteiger partial charge in [-0.25, -0.2) is 4.79 Å². The summed E-state index contributed by atoms with van der Waals surface area (Å²) in [6, 6.07) is 8.61. The highest BCUT2D eigenvalue weighted by Gasteiger charge is 2.21. The zero-order valence-electron chi connectivity index (χ0n) is 11.8. The van der Waals surface area contributed by atoms with Crippen LogP contribution < -0.4 is 10.6 Å². The summed E-state index contributed by atoms with van der Waals surface area (Å²) in [7, 11) is 3.48. The Morgan fingerprint density at radius 3 is 2.50 bits per heavy atom. The first-order valence-corrected chi connectivity index (χ1v) is 6.47. The molecule has 0 aromatic heterocycles. The number of hydrogen-bond acceptors (Lipinski definition) is 3. The molecule has 0 fully saturated rings. The normalized spacial score (nSPS) is 11.7. The zero-order chi connectivity index (χ0) is 15.0. The highest BCUT2D eigenvalue weighted by Crippen LogP contribution is 2.14. The quantitative estimate of drug-likeness (QED) is 0.687. The van der Waals surface area contributed by atoms with Crippen molar-refractivity contribution >= 4 is 12.0 Å². The predicted molar refractivity (Wildman–Crippen MR) is 76.8 cm³/mol. The third-order valence-corrected chi connectivity index (χ3v) is 3.00. The number of nitrogens with zero attached hydrogens (tertiary/aromatic N) is 1. The van der Waals surface area contributed by atoms with Crippen LogP contribution in [0.15, 0.2) is 30.3 Å². The SMILES string of the molecule is CNCCN(C)C(=O)NCC(C(=O)O)c1ccccc1. The first kappa shape index (κ1) is 16.0. The summed E-state index contributed by atoms with van der Waals surface area (Å²) in [5, 5.41) is 14.8. The van der Waals surface area contributed by atoms with Crippen LogP contribution in [0.3, 0.4) is 0 Å². The summed E-state index contributed by atoms with van der Waals surface area (Å²) in [4.78, 5) is 24.6. The number of likely N-dealkylation sites (N-methyl/N-ethyl adjacent to an activating group) is 2. The Morgan fingerprint density at radius 2 is 1.95 bits per heavy atom. The standard InChI is InChI=1S/C14H21N3O3/c1-15-8-9-17(2)14(20)16-10-12(13(18)19)11-6-4-3-5-7-11/h3-7,12,15H,8-10H2,1-2H3,(H,16,20)(H,18,19). The molecule has 0 heterocycles. The molecule has 6 nitrogen and oxygen atoms in total. The molecule has 1 unspecified atom stereocenters. The second-order valence-corrected chi connectivity index (χ2v) is 4.51. The molecule has 3 N–H and O–H groups in total. The van der Waals surface area contributed by atoms with Gasteiger partial charge in [0.25, 0.3) is 0 Å². The summed E-state index contributed by atoms with van der Waals surface area (Å²) >= 11 is 0. The van der Waals surface area contributed by atoms with E-state index in [1.165, 1.54) is 4.90 Å². The van der Waals surface area contributed by atoms with Crippen LogP contribution in [0.5, 0.6) is 0 Å². The van der Waals surface area contributed by atoms with Gasteiger partial charge in [-0.3, -0.25) is 4.79 Å². The number of carboxylic acids is 1. The lowest BCUT2D eigenvalue weighted by Crippen LogP contribution is -2.42. The van der Waals surface area contributed by atoms with Gasteiger partial charge in [-0.15, -0.1) is 0 Å². The molecule has 2 amide bonds. The molecule has 0 bridgehead atoms. The predicted octanol–water partition coefficient (Wildman–Crippen LogP) is 0.716. The van der Waals surface area contributed by atoms with Crippen molar-refractivity contribution in [3.05, 3.63) is 35.9 Å². The van der Waals surface area contributed by atoms with Crippen LogP contribution in [-0.4, -0.2) is 55.7 Å². The van der Waals surface area contributed by atoms with Gasteiger partial charge >= 0.3 is 12.0 Å². The number of nitrogens with one attached hydrogen (secondary N) is 2. The average molecular weight is 279 g/mol. The second kappa shape index (κ2) is 8.16. The average Bonchev–Trinajstić information content (AvgIpc) is 2.45. The van der Waals surface area contributed by atoms with Gasteiger partial charge in [-0.2, -0.15) is 0 Å². The van der Waals surface area contributed by atoms with Gasteiger partial charge < -0.3 is 20.6 Å². The van der Waals surface area contributed by atoms with Crippen LogP contribution in [-0.2, 0) is 4.79 Å². The largest absolute Gasteiger partial charge is 0.481 e. The summed E-state index contributed by atoms with van der Waals surface area (Å²) in [6.45, 7) is 1.32. The van der Waals surface area contributed by atoms with E-state index in [-0.39, 0.29) is 12.6 Å². The number of urea groups is 1. The van der Waals surface area contributed by atoms with E-state index < -0.39 is 11.9 Å². The second-order valence-electron chi connectivity index (χ2n) is 4.51. The van der Waals surface area contributed by atoms with E-state index in [1.807, 2.05) is 13.1 Å². The van der Waals surface area contributed by atoms with Gasteiger partial charge in [-0.1, -0.05) is 30.3 Å². The molecule has 0 spiro atoms. The van der Waals surface area contributed by atoms with Crippen molar-refractivity contribution in [1.29, 1.82) is 0 Å². The highest BCUT2D eigenvalue weighted by molar-refractivity contribution is 5.79. The van der Waals surface area contributed by atoms with Crippen molar-refractivity contribution in [2.24, 2.45) is 0 Å². The maximum Gasteiger partial charge on any atom is 0.317 e. The van der Waals surface area contributed by atoms with Crippen LogP contribution in [0.25, 0.3) is 0 Å². The Morgan fingerprint density at radius 1 is 1.30 bits per heavy atom. The van der Waals surface area contributed by atoms with E-state index in [1.54, 1.807) is 31.3 Å². The van der Waals surface area contributed by atoms with E-state index in [2.05, 4.69) is 10.6 Å². The molecule has 1 aromatic rings. The number of carbonyl (C=O) groups excluding carboxylic acids is 1. The minimum Gasteiger partial charge on any atom is -0.481 e. The lowest BCUT2D eigenvalue weighted by Gasteiger charge is -2.20. The zero-order valence-corrected chi connectivity index (χ0v) is 11.8. The van der Waals surface area contributed by atoms with Gasteiger partial charge in [0.1, 0.15) is 0 Å². The fourth-order valence-electron chi connectivity index (χ4n) is 1.74. The van der Waals surface area contributed by atoms with E-state index >= 15 is 0 Å². The maximum atomic E-state index is 11.8. The van der Waals surface area contributed by atoms with Crippen molar-refractivity contribution in [2.45, 2.75) is 5.92 Å². The maximum absolute atomic E-state index is 11.8. The topological polar surface area (TPSA) is 81.7 Å². The summed E-state index contributed by atoms with van der Waals surface area (Å²) in [5.74, 6) is -1.69. The number of aliphatic carboxylic acids is 1. The Hall–Kier alpha value is -2.08. The summed E-state index contributed by atoms with van der Waals surface area (Å²) < 4.78 is 0. The van der Waals surface area contributed by atoms with Crippen molar-refractivity contribution in [3.63, 3.8) is 0 Å². The third-order valence-electron chi connectivity index (χ3n) is 3.00. The molecule has 110 valence electrons. The van der Waals surface area contributed by atoms with E-state index in [9.17, 15) is 14.7 Å². The highest BCUT2D eigenvalue weighted by atomic mass is 16.4. The van der Waals surface area contributed by atoms with E-state index in [0.717, 1.165) is 0 Å². The Labute approximate surface area is 118 Å². The van der Waals surface area contributed by atoms with Crippen LogP contribution in [0.1, 0.15) is 11.5 Å². The van der Waals surface area contributed by atoms with Gasteiger partial charge in [-0.05, 0) is 12.6 Å². The number of amides is 2. The Balaban J connectivity index is 2.56. The number of rotatable bonds is 7. The number of hydrogen-bond donors (Lipinski definition) is 3. The number of carbonyl (C=O) groups is 2. The van der Waals surface area contributed by atoms with Crippen molar-refractivity contribution in [2.75, 3.05) is 33.7 Å². The van der Waals surface area contributed by atoms with Gasteiger partial charge in [0, 0.05) is 26.7 Å². The molecule has 1 rings (SSSR count). The molecule has 0 radical (unpaired) electrons. The van der Waals surface area contributed by atoms with Gasteiger partial charge in [0.05, 0.1) is 5.92 Å². The van der Waals surface area contributed by atoms with Crippen LogP contribution in [0, 0.1) is 0 Å². The fraction of sp³-hybridized carbons (Fsp3) is 0.429. The molecule has 0 aliphatic carbocycles. The van der Waals surface area contributed by atoms with Crippen molar-refractivity contribution in [1.82, 2.24) is 15.5 Å². The molecule has 0 aliphatic rings. The lowest BCUT2D eigenvalue weighted by molar-refractivity contribution is -0.138. The monoisotopic (exact) mass is 279 g/mol. The minimum atomic E-state index is -0.950. The first-order valence-electron chi connectivity index (χ1n) is 6.47. The summed E-state index contributed by atoms with van der Waals surface area (Å²) in [5.41, 5.74) is 0.679. The van der Waals surface area contributed by atoms with Gasteiger partial charge in [0.15, 0.2) is 0 Å². The van der Waals surface area contributed by atoms with Crippen LogP contribution in [0.2, 0.25) is 0 Å². The van der Waals surface area contributed by atoms with Crippen LogP contribution in [0.4, 0.5) is 4.79 Å². The molecule has 0 saturated heterocycles. The molecule has 0 saturated carbocycles. The minimum absolute atomic E-state index is 0.0715. The molecule has 6 heteroatoms. The van der Waals surface area contributed by atoms with E-state index in [4.69, 9.17) is 0 Å². The van der Waals surface area contributed by atoms with E-state index in [0.29, 0.717) is 18.7 Å². The molecule has 1 aromatic carbocycles. The Bertz CT molecular complexity index is 437. The molecular formula is C14H21N3O3. The van der Waals surface area contributed by atoms with Gasteiger partial charge in [0.2, 0.25) is 0 Å². The molecule has 0 aliphatic heterocycles. The fourth-order valence-corrected chi connectivity index (χ4v) is 1.74. The molecular weight excluding hydrogens is 258 g/mol. The molecule has 20 heavy (non-hydrogen) atoms. The Kier molecular flexibility index (Phi) is 6.52. The van der Waals surface area contributed by atoms with Crippen molar-refractivity contribution < 1.29 is 14.7 Å². The lowest BCUT2D eigenvalue weighted by atomic mass is 9.99. The first-order chi connectivity index (χ1) is 9.56. The van der Waals surface area contributed by atoms with Crippen molar-refractivity contribution in [3.8, 4) is 0 Å².